The lowest BCUT2D eigenvalue weighted by atomic mass is 10.1. The van der Waals surface area contributed by atoms with Gasteiger partial charge in [0.25, 0.3) is 0 Å². The molecule has 5 heteroatoms. The summed E-state index contributed by atoms with van der Waals surface area (Å²) in [7, 11) is 0. The molecule has 1 aromatic carbocycles. The lowest BCUT2D eigenvalue weighted by Crippen LogP contribution is -2.09. The number of rotatable bonds is 2. The standard InChI is InChI=1S/C15H13Br2N3/c16-13-8-6-12(15(17)20-13)19-14-9-7-11(18-14)10-4-2-1-3-5-10/h1-6,8,11H,7,9H2,(H,18,19). The molecule has 1 aliphatic rings. The topological polar surface area (TPSA) is 37.3 Å². The van der Waals surface area contributed by atoms with Crippen molar-refractivity contribution in [2.45, 2.75) is 18.9 Å². The maximum absolute atomic E-state index is 4.76. The fraction of sp³-hybridized carbons (Fsp3) is 0.200. The van der Waals surface area contributed by atoms with Crippen LogP contribution in [-0.4, -0.2) is 10.8 Å². The summed E-state index contributed by atoms with van der Waals surface area (Å²) in [6.45, 7) is 0. The Bertz CT molecular complexity index is 641. The molecular formula is C15H13Br2N3. The Balaban J connectivity index is 1.76. The van der Waals surface area contributed by atoms with Gasteiger partial charge in [0.15, 0.2) is 0 Å². The van der Waals surface area contributed by atoms with Crippen LogP contribution in [0.1, 0.15) is 24.4 Å². The predicted octanol–water partition coefficient (Wildman–Crippen LogP) is 4.95. The van der Waals surface area contributed by atoms with Crippen LogP contribution in [0.2, 0.25) is 0 Å². The van der Waals surface area contributed by atoms with Gasteiger partial charge >= 0.3 is 0 Å². The van der Waals surface area contributed by atoms with E-state index in [2.05, 4.69) is 66.4 Å². The number of hydrogen-bond acceptors (Lipinski definition) is 3. The maximum Gasteiger partial charge on any atom is 0.130 e. The van der Waals surface area contributed by atoms with Gasteiger partial charge in [-0.25, -0.2) is 4.98 Å². The molecule has 0 radical (unpaired) electrons. The van der Waals surface area contributed by atoms with Crippen molar-refractivity contribution in [3.8, 4) is 0 Å². The number of halogens is 2. The van der Waals surface area contributed by atoms with E-state index in [9.17, 15) is 0 Å². The van der Waals surface area contributed by atoms with Crippen molar-refractivity contribution in [2.24, 2.45) is 4.99 Å². The molecule has 20 heavy (non-hydrogen) atoms. The summed E-state index contributed by atoms with van der Waals surface area (Å²) in [5, 5.41) is 3.36. The third kappa shape index (κ3) is 3.10. The number of benzene rings is 1. The second kappa shape index (κ2) is 6.06. The molecule has 102 valence electrons. The molecule has 1 N–H and O–H groups in total. The van der Waals surface area contributed by atoms with Gasteiger partial charge < -0.3 is 5.32 Å². The van der Waals surface area contributed by atoms with E-state index in [1.807, 2.05) is 18.2 Å². The summed E-state index contributed by atoms with van der Waals surface area (Å²) in [5.74, 6) is 1.02. The first kappa shape index (κ1) is 13.8. The molecule has 1 atom stereocenters. The van der Waals surface area contributed by atoms with Gasteiger partial charge in [-0.15, -0.1) is 0 Å². The summed E-state index contributed by atoms with van der Waals surface area (Å²) < 4.78 is 1.60. The SMILES string of the molecule is Brc1ccc(NC2=NC(c3ccccc3)CC2)c(Br)n1. The van der Waals surface area contributed by atoms with Gasteiger partial charge in [0, 0.05) is 6.42 Å². The van der Waals surface area contributed by atoms with E-state index >= 15 is 0 Å². The summed E-state index contributed by atoms with van der Waals surface area (Å²) in [5.41, 5.74) is 2.22. The van der Waals surface area contributed by atoms with Crippen molar-refractivity contribution < 1.29 is 0 Å². The first-order valence-electron chi connectivity index (χ1n) is 6.43. The van der Waals surface area contributed by atoms with E-state index < -0.39 is 0 Å². The molecule has 1 unspecified atom stereocenters. The van der Waals surface area contributed by atoms with E-state index in [-0.39, 0.29) is 6.04 Å². The van der Waals surface area contributed by atoms with E-state index in [1.54, 1.807) is 0 Å². The molecule has 0 fully saturated rings. The molecule has 0 saturated heterocycles. The molecule has 0 spiro atoms. The zero-order chi connectivity index (χ0) is 13.9. The molecule has 0 saturated carbocycles. The number of nitrogens with one attached hydrogen (secondary N) is 1. The van der Waals surface area contributed by atoms with Gasteiger partial charge in [-0.1, -0.05) is 30.3 Å². The Labute approximate surface area is 134 Å². The quantitative estimate of drug-likeness (QED) is 0.731. The molecule has 1 aromatic heterocycles. The monoisotopic (exact) mass is 393 g/mol. The number of anilines is 1. The maximum atomic E-state index is 4.76. The second-order valence-corrected chi connectivity index (χ2v) is 6.20. The summed E-state index contributed by atoms with van der Waals surface area (Å²) >= 11 is 6.81. The van der Waals surface area contributed by atoms with E-state index in [0.717, 1.165) is 33.6 Å². The molecule has 3 nitrogen and oxygen atoms in total. The Morgan fingerprint density at radius 1 is 1.05 bits per heavy atom. The molecule has 2 aromatic rings. The van der Waals surface area contributed by atoms with Crippen LogP contribution in [0, 0.1) is 0 Å². The van der Waals surface area contributed by atoms with Crippen LogP contribution in [0.15, 0.2) is 56.7 Å². The zero-order valence-corrected chi connectivity index (χ0v) is 13.9. The summed E-state index contributed by atoms with van der Waals surface area (Å²) in [6, 6.07) is 14.6. The molecule has 0 bridgehead atoms. The average Bonchev–Trinajstić information content (AvgIpc) is 2.92. The fourth-order valence-corrected chi connectivity index (χ4v) is 3.23. The van der Waals surface area contributed by atoms with Crippen LogP contribution >= 0.6 is 31.9 Å². The van der Waals surface area contributed by atoms with E-state index in [1.165, 1.54) is 5.56 Å². The predicted molar refractivity (Wildman–Crippen MR) is 89.1 cm³/mol. The minimum Gasteiger partial charge on any atom is -0.342 e. The zero-order valence-electron chi connectivity index (χ0n) is 10.7. The lowest BCUT2D eigenvalue weighted by molar-refractivity contribution is 0.723. The van der Waals surface area contributed by atoms with Crippen LogP contribution in [-0.2, 0) is 0 Å². The van der Waals surface area contributed by atoms with Gasteiger partial charge in [0.2, 0.25) is 0 Å². The Morgan fingerprint density at radius 2 is 1.85 bits per heavy atom. The Hall–Kier alpha value is -1.20. The number of nitrogens with zero attached hydrogens (tertiary/aromatic N) is 2. The van der Waals surface area contributed by atoms with Crippen molar-refractivity contribution in [3.63, 3.8) is 0 Å². The number of hydrogen-bond donors (Lipinski definition) is 1. The highest BCUT2D eigenvalue weighted by Gasteiger charge is 2.19. The summed E-state index contributed by atoms with van der Waals surface area (Å²) in [6.07, 6.45) is 2.01. The molecular weight excluding hydrogens is 382 g/mol. The van der Waals surface area contributed by atoms with Crippen LogP contribution < -0.4 is 5.32 Å². The van der Waals surface area contributed by atoms with Crippen LogP contribution in [0.4, 0.5) is 5.69 Å². The van der Waals surface area contributed by atoms with Crippen molar-refractivity contribution in [1.29, 1.82) is 0 Å². The largest absolute Gasteiger partial charge is 0.342 e. The van der Waals surface area contributed by atoms with E-state index in [4.69, 9.17) is 4.99 Å². The third-order valence-electron chi connectivity index (χ3n) is 3.24. The Morgan fingerprint density at radius 3 is 2.60 bits per heavy atom. The highest BCUT2D eigenvalue weighted by atomic mass is 79.9. The smallest absolute Gasteiger partial charge is 0.130 e. The first-order valence-corrected chi connectivity index (χ1v) is 8.01. The highest BCUT2D eigenvalue weighted by molar-refractivity contribution is 9.11. The Kier molecular flexibility index (Phi) is 4.17. The second-order valence-electron chi connectivity index (χ2n) is 4.64. The normalized spacial score (nSPS) is 17.9. The van der Waals surface area contributed by atoms with Gasteiger partial charge in [0.1, 0.15) is 15.0 Å². The van der Waals surface area contributed by atoms with Gasteiger partial charge in [0.05, 0.1) is 11.7 Å². The lowest BCUT2D eigenvalue weighted by Gasteiger charge is -2.07. The third-order valence-corrected chi connectivity index (χ3v) is 4.29. The summed E-state index contributed by atoms with van der Waals surface area (Å²) in [4.78, 5) is 9.07. The first-order chi connectivity index (χ1) is 9.72. The number of aliphatic imine (C=N–C) groups is 1. The van der Waals surface area contributed by atoms with Gasteiger partial charge in [-0.05, 0) is 56.0 Å². The van der Waals surface area contributed by atoms with Crippen LogP contribution in [0.5, 0.6) is 0 Å². The molecule has 1 aliphatic heterocycles. The highest BCUT2D eigenvalue weighted by Crippen LogP contribution is 2.30. The minimum atomic E-state index is 0.265. The number of aromatic nitrogens is 1. The average molecular weight is 395 g/mol. The molecule has 3 rings (SSSR count). The van der Waals surface area contributed by atoms with Crippen molar-refractivity contribution in [3.05, 3.63) is 57.2 Å². The van der Waals surface area contributed by atoms with Crippen molar-refractivity contribution in [2.75, 3.05) is 5.32 Å². The minimum absolute atomic E-state index is 0.265. The fourth-order valence-electron chi connectivity index (χ4n) is 2.26. The number of amidine groups is 1. The molecule has 0 aliphatic carbocycles. The van der Waals surface area contributed by atoms with Crippen molar-refractivity contribution >= 4 is 43.4 Å². The van der Waals surface area contributed by atoms with E-state index in [0.29, 0.717) is 0 Å². The molecule has 0 amide bonds. The van der Waals surface area contributed by atoms with Crippen LogP contribution in [0.3, 0.4) is 0 Å². The van der Waals surface area contributed by atoms with Crippen molar-refractivity contribution in [1.82, 2.24) is 4.98 Å². The van der Waals surface area contributed by atoms with Gasteiger partial charge in [-0.2, -0.15) is 0 Å². The van der Waals surface area contributed by atoms with Gasteiger partial charge in [-0.3, -0.25) is 4.99 Å². The molecule has 2 heterocycles. The van der Waals surface area contributed by atoms with Crippen LogP contribution in [0.25, 0.3) is 0 Å². The number of pyridine rings is 1.